The molecule has 0 radical (unpaired) electrons. The maximum atomic E-state index is 11.8. The number of allylic oxidation sites excluding steroid dienone is 3. The van der Waals surface area contributed by atoms with Crippen molar-refractivity contribution >= 4 is 11.9 Å². The standard InChI is InChI=1S/C18H16O/c1-15-11-13-17(14-12-15)18(19)10-6-5-9-16-7-3-2-4-8-16/h2-14H,1H3/b9-5+,10-6-. The van der Waals surface area contributed by atoms with E-state index >= 15 is 0 Å². The lowest BCUT2D eigenvalue weighted by atomic mass is 10.1. The number of ketones is 1. The number of rotatable bonds is 4. The van der Waals surface area contributed by atoms with Crippen LogP contribution in [0.5, 0.6) is 0 Å². The van der Waals surface area contributed by atoms with E-state index in [0.29, 0.717) is 0 Å². The minimum absolute atomic E-state index is 0.0257. The van der Waals surface area contributed by atoms with Gasteiger partial charge in [-0.05, 0) is 18.6 Å². The minimum atomic E-state index is 0.0257. The highest BCUT2D eigenvalue weighted by atomic mass is 16.1. The van der Waals surface area contributed by atoms with Gasteiger partial charge >= 0.3 is 0 Å². The van der Waals surface area contributed by atoms with Gasteiger partial charge in [0.05, 0.1) is 0 Å². The molecule has 94 valence electrons. The van der Waals surface area contributed by atoms with Gasteiger partial charge in [-0.25, -0.2) is 0 Å². The number of hydrogen-bond acceptors (Lipinski definition) is 1. The summed E-state index contributed by atoms with van der Waals surface area (Å²) >= 11 is 0. The summed E-state index contributed by atoms with van der Waals surface area (Å²) in [6, 6.07) is 17.6. The fraction of sp³-hybridized carbons (Fsp3) is 0.0556. The van der Waals surface area contributed by atoms with Crippen LogP contribution >= 0.6 is 0 Å². The molecular weight excluding hydrogens is 232 g/mol. The van der Waals surface area contributed by atoms with Crippen molar-refractivity contribution in [3.05, 3.63) is 89.5 Å². The third-order valence-electron chi connectivity index (χ3n) is 2.78. The molecule has 2 aromatic rings. The topological polar surface area (TPSA) is 17.1 Å². The zero-order chi connectivity index (χ0) is 13.5. The highest BCUT2D eigenvalue weighted by Gasteiger charge is 1.99. The number of hydrogen-bond donors (Lipinski definition) is 0. The SMILES string of the molecule is Cc1ccc(C(=O)/C=C\C=C\c2ccccc2)cc1. The Morgan fingerprint density at radius 3 is 2.26 bits per heavy atom. The van der Waals surface area contributed by atoms with Crippen molar-refractivity contribution in [2.45, 2.75) is 6.92 Å². The first-order valence-electron chi connectivity index (χ1n) is 6.26. The molecule has 1 heteroatoms. The van der Waals surface area contributed by atoms with Crippen molar-refractivity contribution in [1.82, 2.24) is 0 Å². The summed E-state index contributed by atoms with van der Waals surface area (Å²) in [6.07, 6.45) is 7.21. The summed E-state index contributed by atoms with van der Waals surface area (Å²) < 4.78 is 0. The molecule has 0 aliphatic heterocycles. The third-order valence-corrected chi connectivity index (χ3v) is 2.78. The van der Waals surface area contributed by atoms with Gasteiger partial charge in [-0.15, -0.1) is 0 Å². The second-order valence-electron chi connectivity index (χ2n) is 4.36. The second kappa shape index (κ2) is 6.50. The summed E-state index contributed by atoms with van der Waals surface area (Å²) in [5.41, 5.74) is 2.99. The van der Waals surface area contributed by atoms with E-state index in [9.17, 15) is 4.79 Å². The zero-order valence-corrected chi connectivity index (χ0v) is 10.9. The van der Waals surface area contributed by atoms with Gasteiger partial charge in [0.15, 0.2) is 5.78 Å². The van der Waals surface area contributed by atoms with E-state index in [1.807, 2.05) is 73.7 Å². The Kier molecular flexibility index (Phi) is 4.46. The fourth-order valence-corrected chi connectivity index (χ4v) is 1.69. The monoisotopic (exact) mass is 248 g/mol. The molecule has 0 amide bonds. The third kappa shape index (κ3) is 4.07. The van der Waals surface area contributed by atoms with Crippen LogP contribution in [0.1, 0.15) is 21.5 Å². The molecule has 0 saturated carbocycles. The molecule has 0 N–H and O–H groups in total. The maximum absolute atomic E-state index is 11.8. The van der Waals surface area contributed by atoms with Crippen molar-refractivity contribution in [2.75, 3.05) is 0 Å². The summed E-state index contributed by atoms with van der Waals surface area (Å²) in [6.45, 7) is 2.01. The normalized spacial score (nSPS) is 11.2. The second-order valence-corrected chi connectivity index (χ2v) is 4.36. The zero-order valence-electron chi connectivity index (χ0n) is 10.9. The van der Waals surface area contributed by atoms with Gasteiger partial charge in [0.1, 0.15) is 0 Å². The predicted octanol–water partition coefficient (Wildman–Crippen LogP) is 4.45. The highest BCUT2D eigenvalue weighted by molar-refractivity contribution is 6.04. The molecule has 0 atom stereocenters. The molecule has 0 saturated heterocycles. The average molecular weight is 248 g/mol. The van der Waals surface area contributed by atoms with Crippen LogP contribution in [-0.4, -0.2) is 5.78 Å². The Morgan fingerprint density at radius 1 is 0.895 bits per heavy atom. The average Bonchev–Trinajstić information content (AvgIpc) is 2.45. The minimum Gasteiger partial charge on any atom is -0.289 e. The lowest BCUT2D eigenvalue weighted by molar-refractivity contribution is 0.104. The van der Waals surface area contributed by atoms with Crippen molar-refractivity contribution in [3.63, 3.8) is 0 Å². The summed E-state index contributed by atoms with van der Waals surface area (Å²) in [7, 11) is 0. The van der Waals surface area contributed by atoms with Crippen LogP contribution in [-0.2, 0) is 0 Å². The molecule has 1 nitrogen and oxygen atoms in total. The predicted molar refractivity (Wildman–Crippen MR) is 80.1 cm³/mol. The molecule has 0 spiro atoms. The first kappa shape index (κ1) is 13.0. The van der Waals surface area contributed by atoms with Gasteiger partial charge in [0.2, 0.25) is 0 Å². The van der Waals surface area contributed by atoms with E-state index in [-0.39, 0.29) is 5.78 Å². The van der Waals surface area contributed by atoms with E-state index in [1.165, 1.54) is 0 Å². The van der Waals surface area contributed by atoms with Gasteiger partial charge in [-0.1, -0.05) is 78.4 Å². The Labute approximate surface area is 113 Å². The van der Waals surface area contributed by atoms with E-state index < -0.39 is 0 Å². The van der Waals surface area contributed by atoms with Gasteiger partial charge in [-0.2, -0.15) is 0 Å². The Morgan fingerprint density at radius 2 is 1.58 bits per heavy atom. The Bertz CT molecular complexity index is 589. The van der Waals surface area contributed by atoms with Crippen LogP contribution in [0.15, 0.2) is 72.8 Å². The molecule has 0 aromatic heterocycles. The molecule has 0 fully saturated rings. The molecule has 0 aliphatic carbocycles. The van der Waals surface area contributed by atoms with E-state index in [1.54, 1.807) is 12.2 Å². The molecular formula is C18H16O. The van der Waals surface area contributed by atoms with Crippen LogP contribution in [0.2, 0.25) is 0 Å². The molecule has 2 rings (SSSR count). The first-order valence-corrected chi connectivity index (χ1v) is 6.26. The van der Waals surface area contributed by atoms with Crippen molar-refractivity contribution < 1.29 is 4.79 Å². The van der Waals surface area contributed by atoms with Crippen LogP contribution in [0.3, 0.4) is 0 Å². The first-order chi connectivity index (χ1) is 9.25. The highest BCUT2D eigenvalue weighted by Crippen LogP contribution is 2.05. The number of aryl methyl sites for hydroxylation is 1. The summed E-state index contributed by atoms with van der Waals surface area (Å²) in [4.78, 5) is 11.8. The molecule has 0 unspecified atom stereocenters. The summed E-state index contributed by atoms with van der Waals surface area (Å²) in [5.74, 6) is 0.0257. The van der Waals surface area contributed by atoms with Crippen molar-refractivity contribution in [2.24, 2.45) is 0 Å². The smallest absolute Gasteiger partial charge is 0.185 e. The molecule has 0 bridgehead atoms. The van der Waals surface area contributed by atoms with Crippen LogP contribution < -0.4 is 0 Å². The quantitative estimate of drug-likeness (QED) is 0.444. The maximum Gasteiger partial charge on any atom is 0.185 e. The summed E-state index contributed by atoms with van der Waals surface area (Å²) in [5, 5.41) is 0. The molecule has 0 heterocycles. The van der Waals surface area contributed by atoms with Crippen LogP contribution in [0.25, 0.3) is 6.08 Å². The largest absolute Gasteiger partial charge is 0.289 e. The van der Waals surface area contributed by atoms with Crippen LogP contribution in [0.4, 0.5) is 0 Å². The van der Waals surface area contributed by atoms with E-state index in [4.69, 9.17) is 0 Å². The van der Waals surface area contributed by atoms with Crippen molar-refractivity contribution in [3.8, 4) is 0 Å². The molecule has 19 heavy (non-hydrogen) atoms. The number of benzene rings is 2. The van der Waals surface area contributed by atoms with Gasteiger partial charge in [0, 0.05) is 5.56 Å². The van der Waals surface area contributed by atoms with Gasteiger partial charge in [0.25, 0.3) is 0 Å². The van der Waals surface area contributed by atoms with Gasteiger partial charge in [-0.3, -0.25) is 4.79 Å². The van der Waals surface area contributed by atoms with E-state index in [2.05, 4.69) is 0 Å². The van der Waals surface area contributed by atoms with Crippen molar-refractivity contribution in [1.29, 1.82) is 0 Å². The Hall–Kier alpha value is -2.41. The lowest BCUT2D eigenvalue weighted by Gasteiger charge is -1.95. The number of carbonyl (C=O) groups is 1. The lowest BCUT2D eigenvalue weighted by Crippen LogP contribution is -1.93. The molecule has 0 aliphatic rings. The van der Waals surface area contributed by atoms with Gasteiger partial charge < -0.3 is 0 Å². The number of carbonyl (C=O) groups excluding carboxylic acids is 1. The fourth-order valence-electron chi connectivity index (χ4n) is 1.69. The Balaban J connectivity index is 1.97. The van der Waals surface area contributed by atoms with E-state index in [0.717, 1.165) is 16.7 Å². The molecule has 2 aromatic carbocycles. The van der Waals surface area contributed by atoms with Crippen LogP contribution in [0, 0.1) is 6.92 Å².